The largest absolute Gasteiger partial charge is 0.218 e. The van der Waals surface area contributed by atoms with Crippen LogP contribution < -0.4 is 0 Å². The third-order valence-corrected chi connectivity index (χ3v) is 3.80. The first-order valence-electron chi connectivity index (χ1n) is 3.23. The molecule has 0 amide bonds. The SMILES string of the molecule is CC(C)(C)c1sc(I)nc1Cl. The maximum absolute atomic E-state index is 5.92. The van der Waals surface area contributed by atoms with Gasteiger partial charge in [0.1, 0.15) is 5.15 Å². The average Bonchev–Trinajstić information content (AvgIpc) is 2.08. The van der Waals surface area contributed by atoms with Gasteiger partial charge in [-0.05, 0) is 28.0 Å². The monoisotopic (exact) mass is 301 g/mol. The molecule has 1 heterocycles. The van der Waals surface area contributed by atoms with Gasteiger partial charge >= 0.3 is 0 Å². The summed E-state index contributed by atoms with van der Waals surface area (Å²) in [6.45, 7) is 6.42. The predicted octanol–water partition coefficient (Wildman–Crippen LogP) is 3.70. The normalized spacial score (nSPS) is 12.1. The third-order valence-electron chi connectivity index (χ3n) is 1.24. The van der Waals surface area contributed by atoms with Gasteiger partial charge < -0.3 is 0 Å². The van der Waals surface area contributed by atoms with E-state index in [0.29, 0.717) is 5.15 Å². The molecule has 0 aliphatic heterocycles. The fourth-order valence-electron chi connectivity index (χ4n) is 0.740. The van der Waals surface area contributed by atoms with Crippen LogP contribution in [0.15, 0.2) is 0 Å². The Morgan fingerprint density at radius 3 is 2.18 bits per heavy atom. The van der Waals surface area contributed by atoms with E-state index in [1.165, 1.54) is 4.88 Å². The van der Waals surface area contributed by atoms with Gasteiger partial charge in [-0.2, -0.15) is 0 Å². The number of hydrogen-bond acceptors (Lipinski definition) is 2. The molecule has 0 aliphatic carbocycles. The van der Waals surface area contributed by atoms with Crippen LogP contribution in [-0.4, -0.2) is 4.98 Å². The summed E-state index contributed by atoms with van der Waals surface area (Å²) in [6, 6.07) is 0. The van der Waals surface area contributed by atoms with Crippen LogP contribution in [0.3, 0.4) is 0 Å². The average molecular weight is 302 g/mol. The summed E-state index contributed by atoms with van der Waals surface area (Å²) >= 11 is 9.78. The molecule has 11 heavy (non-hydrogen) atoms. The molecule has 0 bridgehead atoms. The van der Waals surface area contributed by atoms with E-state index in [2.05, 4.69) is 48.3 Å². The van der Waals surface area contributed by atoms with Crippen LogP contribution in [0.4, 0.5) is 0 Å². The van der Waals surface area contributed by atoms with Crippen molar-refractivity contribution in [2.45, 2.75) is 26.2 Å². The molecule has 0 spiro atoms. The zero-order valence-corrected chi connectivity index (χ0v) is 10.3. The molecule has 0 unspecified atom stereocenters. The van der Waals surface area contributed by atoms with Gasteiger partial charge in [-0.15, -0.1) is 11.3 Å². The first kappa shape index (κ1) is 9.74. The van der Waals surface area contributed by atoms with Gasteiger partial charge in [0.25, 0.3) is 0 Å². The third kappa shape index (κ3) is 2.29. The number of aromatic nitrogens is 1. The highest BCUT2D eigenvalue weighted by Crippen LogP contribution is 2.34. The Bertz CT molecular complexity index is 264. The molecule has 0 aromatic carbocycles. The van der Waals surface area contributed by atoms with Crippen molar-refractivity contribution in [2.75, 3.05) is 0 Å². The molecule has 0 saturated heterocycles. The Labute approximate surface area is 89.3 Å². The molecule has 0 saturated carbocycles. The molecule has 1 rings (SSSR count). The summed E-state index contributed by atoms with van der Waals surface area (Å²) in [6.07, 6.45) is 0. The van der Waals surface area contributed by atoms with Gasteiger partial charge in [-0.25, -0.2) is 4.98 Å². The summed E-state index contributed by atoms with van der Waals surface area (Å²) < 4.78 is 1.01. The van der Waals surface area contributed by atoms with Crippen molar-refractivity contribution >= 4 is 45.5 Å². The smallest absolute Gasteiger partial charge is 0.155 e. The number of rotatable bonds is 0. The Kier molecular flexibility index (Phi) is 2.82. The number of nitrogens with zero attached hydrogens (tertiary/aromatic N) is 1. The minimum absolute atomic E-state index is 0.123. The second kappa shape index (κ2) is 3.18. The van der Waals surface area contributed by atoms with Crippen LogP contribution >= 0.6 is 45.5 Å². The maximum atomic E-state index is 5.92. The lowest BCUT2D eigenvalue weighted by atomic mass is 9.95. The molecule has 1 aromatic heterocycles. The summed E-state index contributed by atoms with van der Waals surface area (Å²) in [4.78, 5) is 5.32. The second-order valence-electron chi connectivity index (χ2n) is 3.34. The molecule has 0 atom stereocenters. The fourth-order valence-corrected chi connectivity index (χ4v) is 3.06. The van der Waals surface area contributed by atoms with E-state index in [9.17, 15) is 0 Å². The van der Waals surface area contributed by atoms with E-state index in [1.54, 1.807) is 11.3 Å². The van der Waals surface area contributed by atoms with E-state index in [0.717, 1.165) is 3.01 Å². The van der Waals surface area contributed by atoms with Gasteiger partial charge in [0.2, 0.25) is 0 Å². The van der Waals surface area contributed by atoms with Crippen molar-refractivity contribution in [3.8, 4) is 0 Å². The van der Waals surface area contributed by atoms with Crippen molar-refractivity contribution in [1.82, 2.24) is 4.98 Å². The summed E-state index contributed by atoms with van der Waals surface area (Å²) in [5.41, 5.74) is 0.123. The molecule has 1 aromatic rings. The number of halogens is 2. The van der Waals surface area contributed by atoms with Crippen molar-refractivity contribution in [1.29, 1.82) is 0 Å². The molecular formula is C7H9ClINS. The zero-order chi connectivity index (χ0) is 8.65. The lowest BCUT2D eigenvalue weighted by molar-refractivity contribution is 0.602. The van der Waals surface area contributed by atoms with Gasteiger partial charge in [0.05, 0.1) is 0 Å². The van der Waals surface area contributed by atoms with Crippen molar-refractivity contribution < 1.29 is 0 Å². The molecule has 0 fully saturated rings. The van der Waals surface area contributed by atoms with Crippen LogP contribution in [0.2, 0.25) is 5.15 Å². The van der Waals surface area contributed by atoms with E-state index < -0.39 is 0 Å². The fraction of sp³-hybridized carbons (Fsp3) is 0.571. The van der Waals surface area contributed by atoms with Gasteiger partial charge in [0, 0.05) is 4.88 Å². The Balaban J connectivity index is 3.13. The highest BCUT2D eigenvalue weighted by atomic mass is 127. The molecule has 4 heteroatoms. The van der Waals surface area contributed by atoms with Crippen LogP contribution in [0, 0.1) is 3.01 Å². The maximum Gasteiger partial charge on any atom is 0.155 e. The topological polar surface area (TPSA) is 12.9 Å². The quantitative estimate of drug-likeness (QED) is 0.666. The highest BCUT2D eigenvalue weighted by molar-refractivity contribution is 14.1. The minimum Gasteiger partial charge on any atom is -0.218 e. The van der Waals surface area contributed by atoms with Gasteiger partial charge in [0.15, 0.2) is 3.01 Å². The van der Waals surface area contributed by atoms with E-state index in [1.807, 2.05) is 0 Å². The summed E-state index contributed by atoms with van der Waals surface area (Å²) in [5, 5.41) is 0.659. The van der Waals surface area contributed by atoms with Crippen molar-refractivity contribution in [2.24, 2.45) is 0 Å². The number of thiazole rings is 1. The standard InChI is InChI=1S/C7H9ClINS/c1-7(2,3)4-5(8)10-6(9)11-4/h1-3H3. The number of hydrogen-bond donors (Lipinski definition) is 0. The highest BCUT2D eigenvalue weighted by Gasteiger charge is 2.21. The Hall–Kier alpha value is 0.650. The van der Waals surface area contributed by atoms with Crippen LogP contribution in [0.1, 0.15) is 25.6 Å². The Morgan fingerprint density at radius 2 is 2.00 bits per heavy atom. The minimum atomic E-state index is 0.123. The van der Waals surface area contributed by atoms with Crippen molar-refractivity contribution in [3.63, 3.8) is 0 Å². The molecule has 62 valence electrons. The molecular weight excluding hydrogens is 293 g/mol. The van der Waals surface area contributed by atoms with Crippen LogP contribution in [0.5, 0.6) is 0 Å². The first-order chi connectivity index (χ1) is 4.91. The van der Waals surface area contributed by atoms with E-state index in [-0.39, 0.29) is 5.41 Å². The van der Waals surface area contributed by atoms with Gasteiger partial charge in [-0.1, -0.05) is 32.4 Å². The van der Waals surface area contributed by atoms with Crippen LogP contribution in [-0.2, 0) is 5.41 Å². The zero-order valence-electron chi connectivity index (χ0n) is 6.61. The van der Waals surface area contributed by atoms with E-state index in [4.69, 9.17) is 11.6 Å². The lowest BCUT2D eigenvalue weighted by Crippen LogP contribution is -2.08. The molecule has 0 aliphatic rings. The molecule has 1 nitrogen and oxygen atoms in total. The predicted molar refractivity (Wildman–Crippen MR) is 58.5 cm³/mol. The first-order valence-corrected chi connectivity index (χ1v) is 5.51. The van der Waals surface area contributed by atoms with E-state index >= 15 is 0 Å². The van der Waals surface area contributed by atoms with Crippen LogP contribution in [0.25, 0.3) is 0 Å². The van der Waals surface area contributed by atoms with Crippen molar-refractivity contribution in [3.05, 3.63) is 13.0 Å². The molecule has 0 radical (unpaired) electrons. The summed E-state index contributed by atoms with van der Waals surface area (Å²) in [7, 11) is 0. The lowest BCUT2D eigenvalue weighted by Gasteiger charge is -2.15. The Morgan fingerprint density at radius 1 is 1.45 bits per heavy atom. The van der Waals surface area contributed by atoms with Gasteiger partial charge in [-0.3, -0.25) is 0 Å². The second-order valence-corrected chi connectivity index (χ2v) is 6.45. The molecule has 0 N–H and O–H groups in total. The summed E-state index contributed by atoms with van der Waals surface area (Å²) in [5.74, 6) is 0.